The molecule has 0 aromatic carbocycles. The van der Waals surface area contributed by atoms with Gasteiger partial charge in [0.05, 0.1) is 45.0 Å². The molecule has 0 radical (unpaired) electrons. The number of imide groups is 1. The van der Waals surface area contributed by atoms with Crippen molar-refractivity contribution in [3.63, 3.8) is 0 Å². The van der Waals surface area contributed by atoms with Crippen LogP contribution in [0.4, 0.5) is 4.79 Å². The van der Waals surface area contributed by atoms with Gasteiger partial charge in [-0.2, -0.15) is 0 Å². The third kappa shape index (κ3) is 28.2. The van der Waals surface area contributed by atoms with E-state index in [1.54, 1.807) is 0 Å². The Morgan fingerprint density at radius 3 is 1.60 bits per heavy atom. The topological polar surface area (TPSA) is 248 Å². The number of hydrogen-bond acceptors (Lipinski definition) is 11. The number of amides is 6. The van der Waals surface area contributed by atoms with Crippen molar-refractivity contribution >= 4 is 57.5 Å². The molecule has 19 heteroatoms. The van der Waals surface area contributed by atoms with Gasteiger partial charge in [0.2, 0.25) is 29.5 Å². The van der Waals surface area contributed by atoms with Gasteiger partial charge in [-0.05, 0) is 12.8 Å². The zero-order chi connectivity index (χ0) is 38.8. The van der Waals surface area contributed by atoms with Gasteiger partial charge >= 0.3 is 12.1 Å². The molecule has 300 valence electrons. The Balaban J connectivity index is 3.86. The molecule has 0 saturated heterocycles. The predicted molar refractivity (Wildman–Crippen MR) is 192 cm³/mol. The summed E-state index contributed by atoms with van der Waals surface area (Å²) in [4.78, 5) is 83.2. The first-order chi connectivity index (χ1) is 25.0. The van der Waals surface area contributed by atoms with Gasteiger partial charge in [-0.15, -0.1) is 0 Å². The molecule has 1 atom stereocenters. The summed E-state index contributed by atoms with van der Waals surface area (Å²) in [7, 11) is 0. The van der Waals surface area contributed by atoms with Crippen LogP contribution in [0.5, 0.6) is 0 Å². The maximum Gasteiger partial charge on any atom is 0.414 e. The van der Waals surface area contributed by atoms with Crippen molar-refractivity contribution in [2.24, 2.45) is 5.92 Å². The van der Waals surface area contributed by atoms with Crippen LogP contribution in [-0.2, 0) is 47.7 Å². The van der Waals surface area contributed by atoms with Crippen LogP contribution in [-0.4, -0.2) is 148 Å². The molecule has 0 heterocycles. The van der Waals surface area contributed by atoms with Crippen molar-refractivity contribution in [1.82, 2.24) is 26.2 Å². The van der Waals surface area contributed by atoms with E-state index in [1.807, 2.05) is 0 Å². The van der Waals surface area contributed by atoms with Crippen LogP contribution < -0.4 is 21.3 Å². The van der Waals surface area contributed by atoms with Crippen molar-refractivity contribution in [1.29, 1.82) is 0 Å². The van der Waals surface area contributed by atoms with Crippen LogP contribution in [0.15, 0.2) is 0 Å². The lowest BCUT2D eigenvalue weighted by atomic mass is 9.98. The maximum absolute atomic E-state index is 12.7. The van der Waals surface area contributed by atoms with E-state index in [9.17, 15) is 43.8 Å². The highest BCUT2D eigenvalue weighted by Gasteiger charge is 2.33. The maximum atomic E-state index is 12.7. The van der Waals surface area contributed by atoms with Gasteiger partial charge < -0.3 is 50.4 Å². The van der Waals surface area contributed by atoms with Gasteiger partial charge in [0.1, 0.15) is 19.1 Å². The highest BCUT2D eigenvalue weighted by atomic mass is 79.9. The Hall–Kier alpha value is -3.39. The number of ether oxygens (including phenoxy) is 4. The molecule has 0 aliphatic heterocycles. The summed E-state index contributed by atoms with van der Waals surface area (Å²) in [5.74, 6) is -4.99. The number of alkyl halides is 1. The Bertz CT molecular complexity index is 1050. The number of rotatable bonds is 34. The number of unbranched alkanes of at least 4 members (excludes halogenated alkanes) is 6. The first-order valence-electron chi connectivity index (χ1n) is 17.7. The molecule has 0 rings (SSSR count). The van der Waals surface area contributed by atoms with Crippen LogP contribution in [0, 0.1) is 5.92 Å². The molecule has 18 nitrogen and oxygen atoms in total. The molecule has 0 bridgehead atoms. The van der Waals surface area contributed by atoms with Gasteiger partial charge in [0.25, 0.3) is 0 Å². The summed E-state index contributed by atoms with van der Waals surface area (Å²) in [5, 5.41) is 29.6. The predicted octanol–water partition coefficient (Wildman–Crippen LogP) is 1.04. The Labute approximate surface area is 313 Å². The van der Waals surface area contributed by atoms with Gasteiger partial charge in [0.15, 0.2) is 0 Å². The molecule has 0 aromatic heterocycles. The fourth-order valence-corrected chi connectivity index (χ4v) is 4.68. The second-order valence-electron chi connectivity index (χ2n) is 11.5. The van der Waals surface area contributed by atoms with E-state index in [1.165, 1.54) is 0 Å². The van der Waals surface area contributed by atoms with Gasteiger partial charge in [0, 0.05) is 39.1 Å². The summed E-state index contributed by atoms with van der Waals surface area (Å²) in [5.41, 5.74) is 0. The highest BCUT2D eigenvalue weighted by molar-refractivity contribution is 9.09. The molecule has 1 unspecified atom stereocenters. The van der Waals surface area contributed by atoms with E-state index in [-0.39, 0.29) is 121 Å². The summed E-state index contributed by atoms with van der Waals surface area (Å²) in [6, 6.07) is 0. The largest absolute Gasteiger partial charge is 0.481 e. The highest BCUT2D eigenvalue weighted by Crippen LogP contribution is 2.16. The number of carbonyl (C=O) groups excluding carboxylic acids is 5. The van der Waals surface area contributed by atoms with Crippen molar-refractivity contribution in [3.05, 3.63) is 0 Å². The number of carbonyl (C=O) groups is 7. The number of aliphatic carboxylic acids is 1. The van der Waals surface area contributed by atoms with Crippen LogP contribution in [0.25, 0.3) is 0 Å². The molecule has 0 aromatic rings. The smallest absolute Gasteiger partial charge is 0.414 e. The van der Waals surface area contributed by atoms with Crippen molar-refractivity contribution in [2.45, 2.75) is 71.1 Å². The second kappa shape index (κ2) is 33.4. The first-order valence-corrected chi connectivity index (χ1v) is 18.9. The lowest BCUT2D eigenvalue weighted by molar-refractivity contribution is -0.150. The monoisotopic (exact) mass is 811 g/mol. The number of hydrogen-bond donors (Lipinski definition) is 6. The van der Waals surface area contributed by atoms with Gasteiger partial charge in [-0.3, -0.25) is 28.8 Å². The standard InChI is InChI=1S/C33H58BrN5O13/c1-2-3-4-5-6-7-8-10-26(32(45)46)31(44)39(33(47)48)16-9-11-27(40)37-14-17-49-19-22-52-25-30(43)38-15-18-50-20-21-51-24-29(42)36-13-12-35-28(41)23-34/h26H,2-25H2,1H3,(H,35,41)(H,36,42)(H,37,40)(H,38,43)(H,45,46)(H,47,48). The Morgan fingerprint density at radius 1 is 0.596 bits per heavy atom. The molecular weight excluding hydrogens is 754 g/mol. The fourth-order valence-electron chi connectivity index (χ4n) is 4.48. The molecule has 0 spiro atoms. The van der Waals surface area contributed by atoms with E-state index in [2.05, 4.69) is 44.1 Å². The minimum absolute atomic E-state index is 0.0357. The molecule has 6 amide bonds. The molecular formula is C33H58BrN5O13. The van der Waals surface area contributed by atoms with E-state index in [0.29, 0.717) is 24.4 Å². The summed E-state index contributed by atoms with van der Waals surface area (Å²) in [6.45, 7) is 3.70. The summed E-state index contributed by atoms with van der Waals surface area (Å²) >= 11 is 3.02. The minimum Gasteiger partial charge on any atom is -0.481 e. The SMILES string of the molecule is CCCCCCCCCC(C(=O)O)C(=O)N(CCCC(=O)NCCOCCOCC(=O)NCCOCCOCC(=O)NCCNC(=O)CBr)C(=O)O. The molecule has 0 aliphatic rings. The molecule has 0 aliphatic carbocycles. The van der Waals surface area contributed by atoms with Gasteiger partial charge in [-0.1, -0.05) is 67.8 Å². The van der Waals surface area contributed by atoms with E-state index in [4.69, 9.17) is 18.9 Å². The van der Waals surface area contributed by atoms with Crippen molar-refractivity contribution in [2.75, 3.05) is 90.9 Å². The van der Waals surface area contributed by atoms with Crippen LogP contribution >= 0.6 is 15.9 Å². The van der Waals surface area contributed by atoms with Crippen molar-refractivity contribution in [3.8, 4) is 0 Å². The third-order valence-electron chi connectivity index (χ3n) is 7.21. The van der Waals surface area contributed by atoms with E-state index in [0.717, 1.165) is 38.5 Å². The Morgan fingerprint density at radius 2 is 1.08 bits per heavy atom. The average Bonchev–Trinajstić information content (AvgIpc) is 3.11. The first kappa shape index (κ1) is 48.6. The number of nitrogens with zero attached hydrogens (tertiary/aromatic N) is 1. The normalized spacial score (nSPS) is 11.3. The average molecular weight is 813 g/mol. The lowest BCUT2D eigenvalue weighted by Crippen LogP contribution is -2.43. The van der Waals surface area contributed by atoms with E-state index < -0.39 is 23.9 Å². The van der Waals surface area contributed by atoms with Crippen LogP contribution in [0.1, 0.15) is 71.1 Å². The molecule has 0 saturated carbocycles. The van der Waals surface area contributed by atoms with Gasteiger partial charge in [-0.25, -0.2) is 9.69 Å². The fraction of sp³-hybridized carbons (Fsp3) is 0.788. The minimum atomic E-state index is -1.55. The zero-order valence-electron chi connectivity index (χ0n) is 30.3. The second-order valence-corrected chi connectivity index (χ2v) is 12.1. The Kier molecular flexibility index (Phi) is 31.3. The zero-order valence-corrected chi connectivity index (χ0v) is 31.8. The number of carboxylic acid groups (broad SMARTS) is 2. The molecule has 0 fully saturated rings. The number of nitrogens with one attached hydrogen (secondary N) is 4. The molecule has 52 heavy (non-hydrogen) atoms. The number of halogens is 1. The third-order valence-corrected chi connectivity index (χ3v) is 7.72. The summed E-state index contributed by atoms with van der Waals surface area (Å²) in [6.07, 6.45) is 5.11. The quantitative estimate of drug-likeness (QED) is 0.0303. The van der Waals surface area contributed by atoms with Crippen molar-refractivity contribution < 1.29 is 62.7 Å². The van der Waals surface area contributed by atoms with Crippen LogP contribution in [0.2, 0.25) is 0 Å². The lowest BCUT2D eigenvalue weighted by Gasteiger charge is -2.21. The van der Waals surface area contributed by atoms with E-state index >= 15 is 0 Å². The molecule has 6 N–H and O–H groups in total. The number of carboxylic acids is 1. The summed E-state index contributed by atoms with van der Waals surface area (Å²) < 4.78 is 21.1. The van der Waals surface area contributed by atoms with Crippen LogP contribution in [0.3, 0.4) is 0 Å².